The van der Waals surface area contributed by atoms with Crippen LogP contribution in [0.4, 0.5) is 11.5 Å². The monoisotopic (exact) mass is 342 g/mol. The Morgan fingerprint density at radius 2 is 2.04 bits per heavy atom. The molecule has 1 aromatic heterocycles. The minimum Gasteiger partial charge on any atom is -0.496 e. The maximum absolute atomic E-state index is 11.1. The van der Waals surface area contributed by atoms with Crippen molar-refractivity contribution in [2.45, 2.75) is 25.4 Å². The van der Waals surface area contributed by atoms with Gasteiger partial charge in [0.15, 0.2) is 0 Å². The van der Waals surface area contributed by atoms with Gasteiger partial charge in [-0.25, -0.2) is 4.98 Å². The fraction of sp³-hybridized carbons (Fsp3) is 0.389. The lowest BCUT2D eigenvalue weighted by atomic mass is 10.0. The quantitative estimate of drug-likeness (QED) is 0.642. The number of likely N-dealkylation sites (tertiary alicyclic amines) is 1. The second kappa shape index (κ2) is 7.94. The van der Waals surface area contributed by atoms with Crippen LogP contribution in [0.15, 0.2) is 42.6 Å². The smallest absolute Gasteiger partial charge is 0.311 e. The van der Waals surface area contributed by atoms with E-state index in [1.807, 2.05) is 18.2 Å². The summed E-state index contributed by atoms with van der Waals surface area (Å²) in [6.45, 7) is 2.70. The van der Waals surface area contributed by atoms with Crippen molar-refractivity contribution in [1.82, 2.24) is 9.88 Å². The van der Waals surface area contributed by atoms with Crippen LogP contribution in [0.5, 0.6) is 5.75 Å². The van der Waals surface area contributed by atoms with E-state index in [0.29, 0.717) is 5.82 Å². The minimum absolute atomic E-state index is 0.0268. The summed E-state index contributed by atoms with van der Waals surface area (Å²) in [6, 6.07) is 11.3. The number of para-hydroxylation sites is 1. The Bertz CT molecular complexity index is 730. The zero-order valence-corrected chi connectivity index (χ0v) is 14.2. The van der Waals surface area contributed by atoms with Crippen molar-refractivity contribution in [1.29, 1.82) is 0 Å². The number of nitro groups is 1. The molecular weight excluding hydrogens is 320 g/mol. The molecule has 132 valence electrons. The van der Waals surface area contributed by atoms with E-state index in [0.717, 1.165) is 38.2 Å². The number of anilines is 1. The number of methoxy groups -OCH3 is 1. The minimum atomic E-state index is -0.397. The first-order valence-electron chi connectivity index (χ1n) is 8.37. The van der Waals surface area contributed by atoms with Gasteiger partial charge < -0.3 is 10.1 Å². The molecule has 1 saturated heterocycles. The van der Waals surface area contributed by atoms with Gasteiger partial charge in [0.2, 0.25) is 5.82 Å². The third-order valence-electron chi connectivity index (χ3n) is 4.50. The fourth-order valence-electron chi connectivity index (χ4n) is 3.16. The van der Waals surface area contributed by atoms with Crippen molar-refractivity contribution in [2.24, 2.45) is 0 Å². The van der Waals surface area contributed by atoms with Crippen LogP contribution in [0.2, 0.25) is 0 Å². The van der Waals surface area contributed by atoms with Crippen LogP contribution in [0.25, 0.3) is 0 Å². The molecular formula is C18H22N4O3. The van der Waals surface area contributed by atoms with Crippen molar-refractivity contribution < 1.29 is 9.66 Å². The lowest BCUT2D eigenvalue weighted by molar-refractivity contribution is -0.384. The molecule has 0 unspecified atom stereocenters. The van der Waals surface area contributed by atoms with Gasteiger partial charge in [0.05, 0.1) is 12.0 Å². The van der Waals surface area contributed by atoms with Crippen LogP contribution in [0, 0.1) is 10.1 Å². The predicted octanol–water partition coefficient (Wildman–Crippen LogP) is 3.07. The maximum atomic E-state index is 11.1. The molecule has 3 rings (SSSR count). The van der Waals surface area contributed by atoms with E-state index < -0.39 is 4.92 Å². The van der Waals surface area contributed by atoms with Crippen molar-refractivity contribution in [3.8, 4) is 5.75 Å². The van der Waals surface area contributed by atoms with E-state index in [2.05, 4.69) is 21.3 Å². The topological polar surface area (TPSA) is 80.5 Å². The van der Waals surface area contributed by atoms with Crippen molar-refractivity contribution in [2.75, 3.05) is 25.5 Å². The first-order chi connectivity index (χ1) is 12.2. The Kier molecular flexibility index (Phi) is 5.45. The molecule has 1 aromatic carbocycles. The van der Waals surface area contributed by atoms with Gasteiger partial charge in [-0.2, -0.15) is 0 Å². The molecule has 1 aliphatic rings. The zero-order valence-electron chi connectivity index (χ0n) is 14.2. The van der Waals surface area contributed by atoms with Crippen LogP contribution in [0.3, 0.4) is 0 Å². The Balaban J connectivity index is 1.57. The zero-order chi connectivity index (χ0) is 17.6. The van der Waals surface area contributed by atoms with E-state index >= 15 is 0 Å². The van der Waals surface area contributed by atoms with Gasteiger partial charge >= 0.3 is 5.69 Å². The lowest BCUT2D eigenvalue weighted by Gasteiger charge is -2.32. The van der Waals surface area contributed by atoms with E-state index in [1.165, 1.54) is 11.6 Å². The number of ether oxygens (including phenoxy) is 1. The van der Waals surface area contributed by atoms with E-state index in [-0.39, 0.29) is 11.7 Å². The molecule has 7 nitrogen and oxygen atoms in total. The summed E-state index contributed by atoms with van der Waals surface area (Å²) in [5, 5.41) is 14.3. The van der Waals surface area contributed by atoms with E-state index in [1.54, 1.807) is 19.4 Å². The second-order valence-corrected chi connectivity index (χ2v) is 6.13. The highest BCUT2D eigenvalue weighted by Gasteiger charge is 2.23. The van der Waals surface area contributed by atoms with Gasteiger partial charge in [-0.05, 0) is 25.0 Å². The molecule has 2 aromatic rings. The average Bonchev–Trinajstić information content (AvgIpc) is 2.64. The summed E-state index contributed by atoms with van der Waals surface area (Å²) in [5.74, 6) is 1.27. The van der Waals surface area contributed by atoms with E-state index in [9.17, 15) is 10.1 Å². The molecule has 0 spiro atoms. The maximum Gasteiger partial charge on any atom is 0.311 e. The first-order valence-corrected chi connectivity index (χ1v) is 8.37. The number of hydrogen-bond donors (Lipinski definition) is 1. The molecule has 0 bridgehead atoms. The summed E-state index contributed by atoms with van der Waals surface area (Å²) < 4.78 is 5.41. The van der Waals surface area contributed by atoms with E-state index in [4.69, 9.17) is 4.74 Å². The van der Waals surface area contributed by atoms with Crippen LogP contribution in [-0.4, -0.2) is 41.0 Å². The number of nitrogens with zero attached hydrogens (tertiary/aromatic N) is 3. The van der Waals surface area contributed by atoms with Gasteiger partial charge in [0, 0.05) is 43.5 Å². The number of benzene rings is 1. The molecule has 0 radical (unpaired) electrons. The fourth-order valence-corrected chi connectivity index (χ4v) is 3.16. The normalized spacial score (nSPS) is 15.7. The third kappa shape index (κ3) is 4.24. The molecule has 0 atom stereocenters. The molecule has 0 aliphatic carbocycles. The number of piperidine rings is 1. The largest absolute Gasteiger partial charge is 0.496 e. The van der Waals surface area contributed by atoms with Crippen LogP contribution >= 0.6 is 0 Å². The van der Waals surface area contributed by atoms with Gasteiger partial charge in [-0.3, -0.25) is 15.0 Å². The van der Waals surface area contributed by atoms with Gasteiger partial charge in [0.1, 0.15) is 5.75 Å². The number of aromatic nitrogens is 1. The standard InChI is InChI=1S/C18H22N4O3/c1-25-17-7-3-2-5-14(17)13-21-11-8-15(9-12-21)20-18-16(22(23)24)6-4-10-19-18/h2-7,10,15H,8-9,11-13H2,1H3,(H,19,20). The molecule has 0 saturated carbocycles. The summed E-state index contributed by atoms with van der Waals surface area (Å²) in [5.41, 5.74) is 1.20. The lowest BCUT2D eigenvalue weighted by Crippen LogP contribution is -2.38. The molecule has 1 N–H and O–H groups in total. The SMILES string of the molecule is COc1ccccc1CN1CCC(Nc2ncccc2[N+](=O)[O-])CC1. The highest BCUT2D eigenvalue weighted by atomic mass is 16.6. The summed E-state index contributed by atoms with van der Waals surface area (Å²) >= 11 is 0. The molecule has 2 heterocycles. The molecule has 0 amide bonds. The second-order valence-electron chi connectivity index (χ2n) is 6.13. The van der Waals surface area contributed by atoms with Gasteiger partial charge in [0.25, 0.3) is 0 Å². The Morgan fingerprint density at radius 1 is 1.28 bits per heavy atom. The van der Waals surface area contributed by atoms with Crippen molar-refractivity contribution in [3.05, 3.63) is 58.3 Å². The third-order valence-corrected chi connectivity index (χ3v) is 4.50. The van der Waals surface area contributed by atoms with Crippen LogP contribution in [0.1, 0.15) is 18.4 Å². The summed E-state index contributed by atoms with van der Waals surface area (Å²) in [7, 11) is 1.69. The Labute approximate surface area is 146 Å². The van der Waals surface area contributed by atoms with Crippen molar-refractivity contribution in [3.63, 3.8) is 0 Å². The van der Waals surface area contributed by atoms with Gasteiger partial charge in [-0.1, -0.05) is 18.2 Å². The van der Waals surface area contributed by atoms with Gasteiger partial charge in [-0.15, -0.1) is 0 Å². The molecule has 7 heteroatoms. The van der Waals surface area contributed by atoms with Crippen molar-refractivity contribution >= 4 is 11.5 Å². The number of hydrogen-bond acceptors (Lipinski definition) is 6. The highest BCUT2D eigenvalue weighted by molar-refractivity contribution is 5.55. The number of pyridine rings is 1. The number of rotatable bonds is 6. The Hall–Kier alpha value is -2.67. The molecule has 1 aliphatic heterocycles. The first kappa shape index (κ1) is 17.2. The Morgan fingerprint density at radius 3 is 2.76 bits per heavy atom. The molecule has 1 fully saturated rings. The average molecular weight is 342 g/mol. The molecule has 25 heavy (non-hydrogen) atoms. The predicted molar refractivity (Wildman–Crippen MR) is 95.8 cm³/mol. The highest BCUT2D eigenvalue weighted by Crippen LogP contribution is 2.25. The number of nitrogens with one attached hydrogen (secondary N) is 1. The summed E-state index contributed by atoms with van der Waals surface area (Å²) in [4.78, 5) is 17.2. The summed E-state index contributed by atoms with van der Waals surface area (Å²) in [6.07, 6.45) is 3.41. The van der Waals surface area contributed by atoms with Crippen LogP contribution in [-0.2, 0) is 6.54 Å². The van der Waals surface area contributed by atoms with Crippen LogP contribution < -0.4 is 10.1 Å².